The predicted octanol–water partition coefficient (Wildman–Crippen LogP) is 1.83. The number of hydrogen-bond acceptors (Lipinski definition) is 4. The molecule has 2 atom stereocenters. The third kappa shape index (κ3) is 3.29. The van der Waals surface area contributed by atoms with Gasteiger partial charge in [0.05, 0.1) is 11.6 Å². The quantitative estimate of drug-likeness (QED) is 0.842. The Morgan fingerprint density at radius 1 is 1.35 bits per heavy atom. The summed E-state index contributed by atoms with van der Waals surface area (Å²) in [5.41, 5.74) is 0.712. The minimum atomic E-state index is -0.00871. The Labute approximate surface area is 145 Å². The van der Waals surface area contributed by atoms with Crippen LogP contribution in [0.5, 0.6) is 5.75 Å². The van der Waals surface area contributed by atoms with Gasteiger partial charge in [-0.3, -0.25) is 9.69 Å². The molecular formula is C16H20Cl2N2O3. The molecule has 0 bridgehead atoms. The van der Waals surface area contributed by atoms with Crippen molar-refractivity contribution in [2.45, 2.75) is 6.54 Å². The number of halogens is 2. The number of aliphatic hydroxyl groups excluding tert-OH is 1. The fourth-order valence-corrected chi connectivity index (χ4v) is 4.14. The Bertz CT molecular complexity index is 614. The van der Waals surface area contributed by atoms with E-state index >= 15 is 0 Å². The summed E-state index contributed by atoms with van der Waals surface area (Å²) >= 11 is 11.9. The van der Waals surface area contributed by atoms with Crippen LogP contribution in [0.15, 0.2) is 12.1 Å². The van der Waals surface area contributed by atoms with E-state index in [-0.39, 0.29) is 29.2 Å². The van der Waals surface area contributed by atoms with E-state index in [1.165, 1.54) is 6.07 Å². The molecular weight excluding hydrogens is 339 g/mol. The van der Waals surface area contributed by atoms with Crippen molar-refractivity contribution in [1.82, 2.24) is 9.80 Å². The van der Waals surface area contributed by atoms with E-state index in [1.807, 2.05) is 0 Å². The fourth-order valence-electron chi connectivity index (χ4n) is 3.60. The van der Waals surface area contributed by atoms with Gasteiger partial charge in [0.1, 0.15) is 5.75 Å². The van der Waals surface area contributed by atoms with Gasteiger partial charge in [-0.05, 0) is 24.0 Å². The van der Waals surface area contributed by atoms with Gasteiger partial charge < -0.3 is 15.1 Å². The van der Waals surface area contributed by atoms with Gasteiger partial charge in [0.15, 0.2) is 0 Å². The minimum absolute atomic E-state index is 0.00871. The first-order chi connectivity index (χ1) is 10.9. The molecule has 1 aromatic carbocycles. The monoisotopic (exact) mass is 358 g/mol. The molecule has 7 heteroatoms. The summed E-state index contributed by atoms with van der Waals surface area (Å²) in [6.45, 7) is 2.61. The number of nitrogens with zero attached hydrogens (tertiary/aromatic N) is 2. The molecule has 1 saturated heterocycles. The molecule has 3 rings (SSSR count). The Hall–Kier alpha value is -1.01. The molecule has 1 aliphatic heterocycles. The van der Waals surface area contributed by atoms with Crippen molar-refractivity contribution in [3.8, 4) is 5.75 Å². The summed E-state index contributed by atoms with van der Waals surface area (Å²) in [5, 5.41) is 19.7. The second kappa shape index (κ2) is 6.48. The summed E-state index contributed by atoms with van der Waals surface area (Å²) in [7, 11) is 1.73. The number of aromatic hydroxyl groups is 1. The van der Waals surface area contributed by atoms with E-state index in [0.29, 0.717) is 35.5 Å². The van der Waals surface area contributed by atoms with Crippen molar-refractivity contribution < 1.29 is 15.0 Å². The Kier molecular flexibility index (Phi) is 4.74. The maximum atomic E-state index is 12.2. The van der Waals surface area contributed by atoms with Gasteiger partial charge in [-0.1, -0.05) is 23.2 Å². The van der Waals surface area contributed by atoms with Crippen LogP contribution < -0.4 is 0 Å². The van der Waals surface area contributed by atoms with Crippen LogP contribution in [0.3, 0.4) is 0 Å². The van der Waals surface area contributed by atoms with Crippen LogP contribution in [-0.4, -0.2) is 59.2 Å². The number of carbonyl (C=O) groups is 1. The molecule has 2 fully saturated rings. The first-order valence-corrected chi connectivity index (χ1v) is 8.43. The van der Waals surface area contributed by atoms with Gasteiger partial charge in [-0.25, -0.2) is 0 Å². The zero-order chi connectivity index (χ0) is 16.7. The number of hydrogen-bond donors (Lipinski definition) is 2. The molecule has 1 aliphatic carbocycles. The number of aliphatic hydroxyl groups is 1. The van der Waals surface area contributed by atoms with E-state index in [1.54, 1.807) is 18.0 Å². The summed E-state index contributed by atoms with van der Waals surface area (Å²) in [4.78, 5) is 16.1. The van der Waals surface area contributed by atoms with Crippen LogP contribution in [0.2, 0.25) is 10.0 Å². The molecule has 5 nitrogen and oxygen atoms in total. The highest BCUT2D eigenvalue weighted by molar-refractivity contribution is 6.35. The second-order valence-electron chi connectivity index (χ2n) is 6.43. The summed E-state index contributed by atoms with van der Waals surface area (Å²) < 4.78 is 0. The van der Waals surface area contributed by atoms with Crippen LogP contribution in [0.1, 0.15) is 5.56 Å². The predicted molar refractivity (Wildman–Crippen MR) is 88.6 cm³/mol. The highest BCUT2D eigenvalue weighted by Gasteiger charge is 2.59. The standard InChI is InChI=1S/C16H20Cl2N2O3/c1-19(2-3-21)16(23)14-11-7-20(8-12(11)14)6-9-4-10(17)5-13(18)15(9)22/h4-5,11-12,14,21-22H,2-3,6-8H2,1H3. The van der Waals surface area contributed by atoms with E-state index in [2.05, 4.69) is 4.90 Å². The molecule has 1 aromatic rings. The average Bonchev–Trinajstić information content (AvgIpc) is 2.99. The highest BCUT2D eigenvalue weighted by atomic mass is 35.5. The molecule has 126 valence electrons. The third-order valence-electron chi connectivity index (χ3n) is 4.87. The molecule has 1 saturated carbocycles. The van der Waals surface area contributed by atoms with Crippen LogP contribution >= 0.6 is 23.2 Å². The summed E-state index contributed by atoms with van der Waals surface area (Å²) in [6.07, 6.45) is 0. The van der Waals surface area contributed by atoms with Crippen LogP contribution in [0, 0.1) is 17.8 Å². The van der Waals surface area contributed by atoms with Crippen LogP contribution in [0.4, 0.5) is 0 Å². The number of phenols is 1. The Morgan fingerprint density at radius 2 is 2.00 bits per heavy atom. The number of amides is 1. The number of carbonyl (C=O) groups excluding carboxylic acids is 1. The Morgan fingerprint density at radius 3 is 2.61 bits per heavy atom. The first kappa shape index (κ1) is 16.8. The van der Waals surface area contributed by atoms with Crippen molar-refractivity contribution >= 4 is 29.1 Å². The molecule has 0 radical (unpaired) electrons. The highest BCUT2D eigenvalue weighted by Crippen LogP contribution is 2.53. The normalized spacial score (nSPS) is 26.2. The van der Waals surface area contributed by atoms with Crippen molar-refractivity contribution in [3.63, 3.8) is 0 Å². The molecule has 0 spiro atoms. The molecule has 2 unspecified atom stereocenters. The fraction of sp³-hybridized carbons (Fsp3) is 0.562. The van der Waals surface area contributed by atoms with Gasteiger partial charge >= 0.3 is 0 Å². The third-order valence-corrected chi connectivity index (χ3v) is 5.37. The topological polar surface area (TPSA) is 64.0 Å². The summed E-state index contributed by atoms with van der Waals surface area (Å²) in [6, 6.07) is 3.25. The smallest absolute Gasteiger partial charge is 0.226 e. The first-order valence-electron chi connectivity index (χ1n) is 7.67. The van der Waals surface area contributed by atoms with Gasteiger partial charge in [0.25, 0.3) is 0 Å². The number of likely N-dealkylation sites (tertiary alicyclic amines) is 1. The Balaban J connectivity index is 1.57. The average molecular weight is 359 g/mol. The lowest BCUT2D eigenvalue weighted by Gasteiger charge is -2.22. The SMILES string of the molecule is CN(CCO)C(=O)C1C2CN(Cc3cc(Cl)cc(Cl)c3O)CC21. The number of piperidine rings is 1. The molecule has 0 aromatic heterocycles. The molecule has 1 heterocycles. The molecule has 2 N–H and O–H groups in total. The minimum Gasteiger partial charge on any atom is -0.506 e. The van der Waals surface area contributed by atoms with Gasteiger partial charge in [-0.2, -0.15) is 0 Å². The van der Waals surface area contributed by atoms with Gasteiger partial charge in [-0.15, -0.1) is 0 Å². The van der Waals surface area contributed by atoms with Gasteiger partial charge in [0, 0.05) is 49.7 Å². The lowest BCUT2D eigenvalue weighted by Crippen LogP contribution is -2.34. The zero-order valence-electron chi connectivity index (χ0n) is 12.9. The van der Waals surface area contributed by atoms with Crippen molar-refractivity contribution in [3.05, 3.63) is 27.7 Å². The van der Waals surface area contributed by atoms with Gasteiger partial charge in [0.2, 0.25) is 5.91 Å². The maximum Gasteiger partial charge on any atom is 0.226 e. The second-order valence-corrected chi connectivity index (χ2v) is 7.27. The number of benzene rings is 1. The number of rotatable bonds is 5. The molecule has 2 aliphatic rings. The molecule has 23 heavy (non-hydrogen) atoms. The molecule has 1 amide bonds. The lowest BCUT2D eigenvalue weighted by molar-refractivity contribution is -0.132. The van der Waals surface area contributed by atoms with Crippen LogP contribution in [0.25, 0.3) is 0 Å². The summed E-state index contributed by atoms with van der Waals surface area (Å²) in [5.74, 6) is 1.04. The number of fused-ring (bicyclic) bond motifs is 1. The van der Waals surface area contributed by atoms with Crippen molar-refractivity contribution in [1.29, 1.82) is 0 Å². The number of phenolic OH excluding ortho intramolecular Hbond substituents is 1. The van der Waals surface area contributed by atoms with E-state index in [9.17, 15) is 9.90 Å². The lowest BCUT2D eigenvalue weighted by atomic mass is 10.1. The van der Waals surface area contributed by atoms with Crippen molar-refractivity contribution in [2.24, 2.45) is 17.8 Å². The largest absolute Gasteiger partial charge is 0.506 e. The number of likely N-dealkylation sites (N-methyl/N-ethyl adjacent to an activating group) is 1. The maximum absolute atomic E-state index is 12.2. The van der Waals surface area contributed by atoms with E-state index in [0.717, 1.165) is 13.1 Å². The van der Waals surface area contributed by atoms with E-state index in [4.69, 9.17) is 28.3 Å². The van der Waals surface area contributed by atoms with Crippen LogP contribution in [-0.2, 0) is 11.3 Å². The zero-order valence-corrected chi connectivity index (χ0v) is 14.4. The van der Waals surface area contributed by atoms with Crippen molar-refractivity contribution in [2.75, 3.05) is 33.3 Å². The van der Waals surface area contributed by atoms with E-state index < -0.39 is 0 Å².